The number of benzene rings is 1. The highest BCUT2D eigenvalue weighted by Crippen LogP contribution is 2.34. The molecule has 7 heteroatoms. The smallest absolute Gasteiger partial charge is 0.298 e. The summed E-state index contributed by atoms with van der Waals surface area (Å²) in [6, 6.07) is 2.58. The van der Waals surface area contributed by atoms with Crippen molar-refractivity contribution in [1.82, 2.24) is 0 Å². The quantitative estimate of drug-likeness (QED) is 0.860. The lowest BCUT2D eigenvalue weighted by molar-refractivity contribution is 0.381. The van der Waals surface area contributed by atoms with Gasteiger partial charge in [-0.15, -0.1) is 0 Å². The van der Waals surface area contributed by atoms with E-state index in [4.69, 9.17) is 14.0 Å². The molecule has 0 saturated carbocycles. The van der Waals surface area contributed by atoms with Gasteiger partial charge in [0.2, 0.25) is 0 Å². The Balaban J connectivity index is 3.48. The van der Waals surface area contributed by atoms with Gasteiger partial charge in [-0.25, -0.2) is 0 Å². The average molecular weight is 297 g/mol. The standard InChI is InChI=1S/C8H9BrO5S/c1-13-6-4-7(14-2)8(3-5(6)9)15(10,11)12/h3-4H,1-2H3,(H,10,11,12). The fourth-order valence-electron chi connectivity index (χ4n) is 1.03. The van der Waals surface area contributed by atoms with Crippen molar-refractivity contribution in [1.29, 1.82) is 0 Å². The van der Waals surface area contributed by atoms with E-state index in [1.54, 1.807) is 0 Å². The minimum atomic E-state index is -4.30. The van der Waals surface area contributed by atoms with E-state index in [9.17, 15) is 8.42 Å². The largest absolute Gasteiger partial charge is 0.495 e. The van der Waals surface area contributed by atoms with Crippen molar-refractivity contribution < 1.29 is 22.4 Å². The first-order chi connectivity index (χ1) is 6.90. The van der Waals surface area contributed by atoms with Crippen LogP contribution in [0.1, 0.15) is 0 Å². The van der Waals surface area contributed by atoms with E-state index in [2.05, 4.69) is 15.9 Å². The van der Waals surface area contributed by atoms with Crippen LogP contribution < -0.4 is 9.47 Å². The number of rotatable bonds is 3. The van der Waals surface area contributed by atoms with Gasteiger partial charge in [0.05, 0.1) is 18.7 Å². The molecule has 0 spiro atoms. The maximum Gasteiger partial charge on any atom is 0.298 e. The lowest BCUT2D eigenvalue weighted by atomic mass is 10.3. The van der Waals surface area contributed by atoms with Crippen molar-refractivity contribution >= 4 is 26.0 Å². The summed E-state index contributed by atoms with van der Waals surface area (Å²) in [6.45, 7) is 0. The summed E-state index contributed by atoms with van der Waals surface area (Å²) >= 11 is 3.11. The van der Waals surface area contributed by atoms with Crippen LogP contribution in [0.2, 0.25) is 0 Å². The van der Waals surface area contributed by atoms with Gasteiger partial charge in [-0.05, 0) is 22.0 Å². The lowest BCUT2D eigenvalue weighted by Gasteiger charge is -2.09. The van der Waals surface area contributed by atoms with Crippen LogP contribution in [-0.4, -0.2) is 27.2 Å². The van der Waals surface area contributed by atoms with Crippen LogP contribution in [0.3, 0.4) is 0 Å². The van der Waals surface area contributed by atoms with Gasteiger partial charge >= 0.3 is 0 Å². The second-order valence-electron chi connectivity index (χ2n) is 2.61. The molecule has 1 aromatic carbocycles. The zero-order valence-corrected chi connectivity index (χ0v) is 10.4. The Morgan fingerprint density at radius 1 is 1.20 bits per heavy atom. The van der Waals surface area contributed by atoms with Crippen LogP contribution in [0.5, 0.6) is 11.5 Å². The van der Waals surface area contributed by atoms with Gasteiger partial charge in [-0.3, -0.25) is 4.55 Å². The molecule has 0 radical (unpaired) electrons. The van der Waals surface area contributed by atoms with Gasteiger partial charge in [-0.1, -0.05) is 0 Å². The van der Waals surface area contributed by atoms with Crippen molar-refractivity contribution in [2.75, 3.05) is 14.2 Å². The van der Waals surface area contributed by atoms with Crippen molar-refractivity contribution in [3.63, 3.8) is 0 Å². The Morgan fingerprint density at radius 2 is 1.73 bits per heavy atom. The van der Waals surface area contributed by atoms with E-state index in [0.717, 1.165) is 0 Å². The molecule has 5 nitrogen and oxygen atoms in total. The third-order valence-electron chi connectivity index (χ3n) is 1.72. The van der Waals surface area contributed by atoms with Crippen LogP contribution in [-0.2, 0) is 10.1 Å². The Bertz CT molecular complexity index is 468. The monoisotopic (exact) mass is 296 g/mol. The molecule has 0 aliphatic heterocycles. The topological polar surface area (TPSA) is 72.8 Å². The Kier molecular flexibility index (Phi) is 3.58. The first-order valence-electron chi connectivity index (χ1n) is 3.79. The zero-order chi connectivity index (χ0) is 11.6. The maximum atomic E-state index is 11.0. The van der Waals surface area contributed by atoms with Gasteiger partial charge in [0.1, 0.15) is 16.4 Å². The van der Waals surface area contributed by atoms with Crippen LogP contribution in [0.4, 0.5) is 0 Å². The molecule has 0 heterocycles. The Hall–Kier alpha value is -0.790. The van der Waals surface area contributed by atoms with E-state index in [1.807, 2.05) is 0 Å². The highest BCUT2D eigenvalue weighted by molar-refractivity contribution is 9.10. The number of ether oxygens (including phenoxy) is 2. The molecule has 84 valence electrons. The molecule has 0 aromatic heterocycles. The molecule has 0 aliphatic carbocycles. The fraction of sp³-hybridized carbons (Fsp3) is 0.250. The molecule has 0 saturated heterocycles. The molecule has 0 fully saturated rings. The molecule has 1 N–H and O–H groups in total. The van der Waals surface area contributed by atoms with E-state index in [0.29, 0.717) is 10.2 Å². The maximum absolute atomic E-state index is 11.0. The minimum absolute atomic E-state index is 0.0255. The molecule has 0 unspecified atom stereocenters. The lowest BCUT2D eigenvalue weighted by Crippen LogP contribution is -2.02. The van der Waals surface area contributed by atoms with Crippen LogP contribution >= 0.6 is 15.9 Å². The highest BCUT2D eigenvalue weighted by Gasteiger charge is 2.19. The second-order valence-corrected chi connectivity index (χ2v) is 4.86. The molecular formula is C8H9BrO5S. The van der Waals surface area contributed by atoms with E-state index in [1.165, 1.54) is 26.4 Å². The number of halogens is 1. The van der Waals surface area contributed by atoms with Gasteiger partial charge in [0.25, 0.3) is 10.1 Å². The van der Waals surface area contributed by atoms with Gasteiger partial charge in [0.15, 0.2) is 0 Å². The number of methoxy groups -OCH3 is 2. The zero-order valence-electron chi connectivity index (χ0n) is 8.02. The minimum Gasteiger partial charge on any atom is -0.495 e. The van der Waals surface area contributed by atoms with E-state index in [-0.39, 0.29) is 10.6 Å². The van der Waals surface area contributed by atoms with Crippen LogP contribution in [0.15, 0.2) is 21.5 Å². The summed E-state index contributed by atoms with van der Waals surface area (Å²) in [5.41, 5.74) is 0. The van der Waals surface area contributed by atoms with Crippen LogP contribution in [0.25, 0.3) is 0 Å². The molecule has 0 aliphatic rings. The molecule has 1 rings (SSSR count). The van der Waals surface area contributed by atoms with Gasteiger partial charge < -0.3 is 9.47 Å². The van der Waals surface area contributed by atoms with Crippen molar-refractivity contribution in [3.8, 4) is 11.5 Å². The van der Waals surface area contributed by atoms with Crippen molar-refractivity contribution in [3.05, 3.63) is 16.6 Å². The predicted molar refractivity (Wildman–Crippen MR) is 57.1 cm³/mol. The van der Waals surface area contributed by atoms with Crippen molar-refractivity contribution in [2.45, 2.75) is 4.90 Å². The molecular weight excluding hydrogens is 288 g/mol. The predicted octanol–water partition coefficient (Wildman–Crippen LogP) is 1.71. The summed E-state index contributed by atoms with van der Waals surface area (Å²) in [7, 11) is -1.56. The summed E-state index contributed by atoms with van der Waals surface area (Å²) in [6.07, 6.45) is 0. The molecule has 1 aromatic rings. The van der Waals surface area contributed by atoms with Gasteiger partial charge in [0, 0.05) is 6.07 Å². The Labute approximate surface area is 95.9 Å². The van der Waals surface area contributed by atoms with Gasteiger partial charge in [-0.2, -0.15) is 8.42 Å². The average Bonchev–Trinajstić information content (AvgIpc) is 2.16. The molecule has 0 atom stereocenters. The van der Waals surface area contributed by atoms with E-state index >= 15 is 0 Å². The number of hydrogen-bond acceptors (Lipinski definition) is 4. The summed E-state index contributed by atoms with van der Waals surface area (Å²) < 4.78 is 41.1. The fourth-order valence-corrected chi connectivity index (χ4v) is 2.35. The van der Waals surface area contributed by atoms with E-state index < -0.39 is 10.1 Å². The summed E-state index contributed by atoms with van der Waals surface area (Å²) in [5, 5.41) is 0. The first-order valence-corrected chi connectivity index (χ1v) is 6.02. The molecule has 0 bridgehead atoms. The Morgan fingerprint density at radius 3 is 2.13 bits per heavy atom. The highest BCUT2D eigenvalue weighted by atomic mass is 79.9. The van der Waals surface area contributed by atoms with Crippen LogP contribution in [0, 0.1) is 0 Å². The second kappa shape index (κ2) is 4.38. The third-order valence-corrected chi connectivity index (χ3v) is 3.21. The summed E-state index contributed by atoms with van der Waals surface area (Å²) in [4.78, 5) is -0.308. The third kappa shape index (κ3) is 2.61. The van der Waals surface area contributed by atoms with Crippen molar-refractivity contribution in [2.24, 2.45) is 0 Å². The normalized spacial score (nSPS) is 11.2. The molecule has 15 heavy (non-hydrogen) atoms. The SMILES string of the molecule is COc1cc(OC)c(S(=O)(=O)O)cc1Br. The number of hydrogen-bond donors (Lipinski definition) is 1. The summed E-state index contributed by atoms with van der Waals surface area (Å²) in [5.74, 6) is 0.441. The molecule has 0 amide bonds. The first kappa shape index (κ1) is 12.3.